The summed E-state index contributed by atoms with van der Waals surface area (Å²) in [6, 6.07) is 9.36. The molecule has 0 saturated heterocycles. The third-order valence-corrected chi connectivity index (χ3v) is 1.96. The Bertz CT molecular complexity index is 271. The van der Waals surface area contributed by atoms with Gasteiger partial charge in [0.1, 0.15) is 0 Å². The molecule has 1 radical (unpaired) electrons. The predicted molar refractivity (Wildman–Crippen MR) is 42.7 cm³/mol. The van der Waals surface area contributed by atoms with Crippen molar-refractivity contribution in [2.24, 2.45) is 0 Å². The van der Waals surface area contributed by atoms with E-state index < -0.39 is 0 Å². The number of fused-ring (bicyclic) bond motifs is 1. The number of benzene rings is 1. The number of hydrogen-bond acceptors (Lipinski definition) is 0. The van der Waals surface area contributed by atoms with Crippen molar-refractivity contribution in [3.8, 4) is 0 Å². The van der Waals surface area contributed by atoms with Crippen LogP contribution < -0.4 is 0 Å². The molecule has 0 heteroatoms. The summed E-state index contributed by atoms with van der Waals surface area (Å²) >= 11 is 0. The van der Waals surface area contributed by atoms with Crippen molar-refractivity contribution >= 4 is 6.08 Å². The molecule has 0 bridgehead atoms. The van der Waals surface area contributed by atoms with Crippen molar-refractivity contribution < 1.29 is 0 Å². The lowest BCUT2D eigenvalue weighted by molar-refractivity contribution is 0.990. The van der Waals surface area contributed by atoms with Gasteiger partial charge in [-0.25, -0.2) is 0 Å². The van der Waals surface area contributed by atoms with Crippen LogP contribution in [-0.2, 0) is 0 Å². The van der Waals surface area contributed by atoms with Crippen LogP contribution in [0.15, 0.2) is 24.3 Å². The highest BCUT2D eigenvalue weighted by atomic mass is 14.1. The second-order valence-electron chi connectivity index (χ2n) is 2.69. The van der Waals surface area contributed by atoms with E-state index in [1.807, 2.05) is 12.1 Å². The summed E-state index contributed by atoms with van der Waals surface area (Å²) in [5.74, 6) is 0.590. The smallest absolute Gasteiger partial charge is 0.0000948 e. The van der Waals surface area contributed by atoms with Gasteiger partial charge in [-0.15, -0.1) is 0 Å². The molecule has 1 atom stereocenters. The van der Waals surface area contributed by atoms with Gasteiger partial charge in [-0.3, -0.25) is 0 Å². The number of allylic oxidation sites excluding steroid dienone is 1. The SMILES string of the molecule is CC1C=Cc2[c]cccc21. The fourth-order valence-electron chi connectivity index (χ4n) is 1.35. The van der Waals surface area contributed by atoms with Crippen molar-refractivity contribution in [2.75, 3.05) is 0 Å². The summed E-state index contributed by atoms with van der Waals surface area (Å²) in [6.45, 7) is 2.20. The molecule has 0 saturated carbocycles. The van der Waals surface area contributed by atoms with Gasteiger partial charge >= 0.3 is 0 Å². The molecule has 0 fully saturated rings. The third-order valence-electron chi connectivity index (χ3n) is 1.96. The topological polar surface area (TPSA) is 0 Å². The van der Waals surface area contributed by atoms with Gasteiger partial charge < -0.3 is 0 Å². The van der Waals surface area contributed by atoms with E-state index in [1.165, 1.54) is 11.1 Å². The van der Waals surface area contributed by atoms with E-state index in [2.05, 4.69) is 31.2 Å². The van der Waals surface area contributed by atoms with Crippen LogP contribution in [0.4, 0.5) is 0 Å². The van der Waals surface area contributed by atoms with Gasteiger partial charge in [0.25, 0.3) is 0 Å². The summed E-state index contributed by atoms with van der Waals surface area (Å²) in [5, 5.41) is 0. The standard InChI is InChI=1S/C10H9/c1-8-6-7-9-4-2-3-5-10(8)9/h2-3,5-8H,1H3. The summed E-state index contributed by atoms with van der Waals surface area (Å²) in [6.07, 6.45) is 4.35. The fourth-order valence-corrected chi connectivity index (χ4v) is 1.35. The van der Waals surface area contributed by atoms with E-state index in [4.69, 9.17) is 0 Å². The lowest BCUT2D eigenvalue weighted by Gasteiger charge is -2.01. The molecule has 0 spiro atoms. The maximum atomic E-state index is 3.19. The van der Waals surface area contributed by atoms with Crippen LogP contribution in [0.2, 0.25) is 0 Å². The monoisotopic (exact) mass is 129 g/mol. The zero-order valence-corrected chi connectivity index (χ0v) is 5.96. The van der Waals surface area contributed by atoms with E-state index in [0.29, 0.717) is 5.92 Å². The average molecular weight is 129 g/mol. The van der Waals surface area contributed by atoms with Gasteiger partial charge in [0.05, 0.1) is 0 Å². The minimum absolute atomic E-state index is 0.590. The summed E-state index contributed by atoms with van der Waals surface area (Å²) in [7, 11) is 0. The van der Waals surface area contributed by atoms with Crippen molar-refractivity contribution in [1.82, 2.24) is 0 Å². The Morgan fingerprint density at radius 3 is 3.20 bits per heavy atom. The molecule has 1 aliphatic rings. The van der Waals surface area contributed by atoms with E-state index >= 15 is 0 Å². The first-order chi connectivity index (χ1) is 4.88. The van der Waals surface area contributed by atoms with E-state index in [-0.39, 0.29) is 0 Å². The van der Waals surface area contributed by atoms with Crippen LogP contribution in [-0.4, -0.2) is 0 Å². The van der Waals surface area contributed by atoms with Crippen molar-refractivity contribution in [3.63, 3.8) is 0 Å². The van der Waals surface area contributed by atoms with E-state index in [1.54, 1.807) is 0 Å². The normalized spacial score (nSPS) is 21.1. The van der Waals surface area contributed by atoms with Crippen LogP contribution in [0.25, 0.3) is 6.08 Å². The van der Waals surface area contributed by atoms with E-state index in [9.17, 15) is 0 Å². The Labute approximate surface area is 61.2 Å². The van der Waals surface area contributed by atoms with Gasteiger partial charge in [-0.2, -0.15) is 0 Å². The molecule has 0 aliphatic heterocycles. The fraction of sp³-hybridized carbons (Fsp3) is 0.200. The van der Waals surface area contributed by atoms with Crippen LogP contribution in [0.5, 0.6) is 0 Å². The minimum Gasteiger partial charge on any atom is -0.0766 e. The molecule has 0 heterocycles. The summed E-state index contributed by atoms with van der Waals surface area (Å²) in [4.78, 5) is 0. The second-order valence-corrected chi connectivity index (χ2v) is 2.69. The Hall–Kier alpha value is -1.04. The molecule has 1 unspecified atom stereocenters. The highest BCUT2D eigenvalue weighted by molar-refractivity contribution is 5.61. The van der Waals surface area contributed by atoms with Gasteiger partial charge in [-0.05, 0) is 23.1 Å². The number of rotatable bonds is 0. The van der Waals surface area contributed by atoms with Crippen LogP contribution in [0.1, 0.15) is 24.0 Å². The Kier molecular flexibility index (Phi) is 1.13. The highest BCUT2D eigenvalue weighted by Crippen LogP contribution is 2.28. The minimum atomic E-state index is 0.590. The first-order valence-corrected chi connectivity index (χ1v) is 3.57. The Balaban J connectivity index is 2.59. The molecule has 10 heavy (non-hydrogen) atoms. The first-order valence-electron chi connectivity index (χ1n) is 3.57. The van der Waals surface area contributed by atoms with Crippen molar-refractivity contribution in [2.45, 2.75) is 12.8 Å². The average Bonchev–Trinajstić information content (AvgIpc) is 2.34. The molecule has 1 aromatic rings. The summed E-state index contributed by atoms with van der Waals surface area (Å²) < 4.78 is 0. The van der Waals surface area contributed by atoms with Crippen LogP contribution >= 0.6 is 0 Å². The first kappa shape index (κ1) is 5.72. The molecular formula is C10H9. The molecule has 0 aromatic heterocycles. The zero-order valence-electron chi connectivity index (χ0n) is 5.96. The van der Waals surface area contributed by atoms with Gasteiger partial charge in [0.15, 0.2) is 0 Å². The quantitative estimate of drug-likeness (QED) is 0.505. The zero-order chi connectivity index (χ0) is 6.97. The lowest BCUT2D eigenvalue weighted by atomic mass is 10.0. The maximum absolute atomic E-state index is 3.19. The molecular weight excluding hydrogens is 120 g/mol. The summed E-state index contributed by atoms with van der Waals surface area (Å²) in [5.41, 5.74) is 2.66. The number of hydrogen-bond donors (Lipinski definition) is 0. The lowest BCUT2D eigenvalue weighted by Crippen LogP contribution is -1.84. The van der Waals surface area contributed by atoms with E-state index in [0.717, 1.165) is 0 Å². The highest BCUT2D eigenvalue weighted by Gasteiger charge is 2.10. The van der Waals surface area contributed by atoms with Crippen molar-refractivity contribution in [3.05, 3.63) is 41.5 Å². The van der Waals surface area contributed by atoms with Crippen LogP contribution in [0, 0.1) is 6.07 Å². The maximum Gasteiger partial charge on any atom is -0.0000948 e. The molecule has 1 aromatic carbocycles. The molecule has 0 nitrogen and oxygen atoms in total. The predicted octanol–water partition coefficient (Wildman–Crippen LogP) is 2.62. The molecule has 1 aliphatic carbocycles. The third kappa shape index (κ3) is 0.688. The van der Waals surface area contributed by atoms with Crippen LogP contribution in [0.3, 0.4) is 0 Å². The molecule has 2 rings (SSSR count). The van der Waals surface area contributed by atoms with Gasteiger partial charge in [0, 0.05) is 0 Å². The largest absolute Gasteiger partial charge is 0.0766 e. The Morgan fingerprint density at radius 1 is 1.50 bits per heavy atom. The molecule has 0 N–H and O–H groups in total. The molecule has 49 valence electrons. The second kappa shape index (κ2) is 1.98. The van der Waals surface area contributed by atoms with Crippen molar-refractivity contribution in [1.29, 1.82) is 0 Å². The molecule has 0 amide bonds. The van der Waals surface area contributed by atoms with Gasteiger partial charge in [0.2, 0.25) is 0 Å². The van der Waals surface area contributed by atoms with Gasteiger partial charge in [-0.1, -0.05) is 37.3 Å². The Morgan fingerprint density at radius 2 is 2.40 bits per heavy atom.